The first-order valence-electron chi connectivity index (χ1n) is 9.32. The van der Waals surface area contributed by atoms with Gasteiger partial charge in [0.1, 0.15) is 5.75 Å². The first-order valence-corrected chi connectivity index (χ1v) is 9.32. The average Bonchev–Trinajstić information content (AvgIpc) is 2.73. The van der Waals surface area contributed by atoms with Gasteiger partial charge >= 0.3 is 0 Å². The molecule has 0 aliphatic carbocycles. The van der Waals surface area contributed by atoms with Crippen molar-refractivity contribution in [2.75, 3.05) is 13.7 Å². The van der Waals surface area contributed by atoms with Gasteiger partial charge in [0.2, 0.25) is 0 Å². The van der Waals surface area contributed by atoms with Crippen molar-refractivity contribution in [1.29, 1.82) is 0 Å². The Morgan fingerprint density at radius 1 is 1.07 bits per heavy atom. The van der Waals surface area contributed by atoms with Crippen molar-refractivity contribution in [2.24, 2.45) is 0 Å². The smallest absolute Gasteiger partial charge is 0.255 e. The molecule has 0 N–H and O–H groups in total. The molecule has 2 heterocycles. The molecule has 0 saturated heterocycles. The number of pyridine rings is 2. The summed E-state index contributed by atoms with van der Waals surface area (Å²) in [7, 11) is 1.65. The third kappa shape index (κ3) is 4.94. The fourth-order valence-corrected chi connectivity index (χ4v) is 2.94. The van der Waals surface area contributed by atoms with E-state index in [1.807, 2.05) is 67.3 Å². The Balaban J connectivity index is 1.79. The highest BCUT2D eigenvalue weighted by Crippen LogP contribution is 2.15. The van der Waals surface area contributed by atoms with Crippen LogP contribution in [0.2, 0.25) is 0 Å². The van der Waals surface area contributed by atoms with Gasteiger partial charge in [0, 0.05) is 24.6 Å². The van der Waals surface area contributed by atoms with Crippen LogP contribution in [0.3, 0.4) is 0 Å². The molecule has 0 atom stereocenters. The zero-order chi connectivity index (χ0) is 19.9. The monoisotopic (exact) mass is 375 g/mol. The molecule has 28 heavy (non-hydrogen) atoms. The number of hydrogen-bond donors (Lipinski definition) is 0. The van der Waals surface area contributed by atoms with E-state index in [4.69, 9.17) is 4.74 Å². The van der Waals surface area contributed by atoms with Crippen LogP contribution in [0.1, 0.15) is 32.9 Å². The van der Waals surface area contributed by atoms with E-state index in [9.17, 15) is 4.79 Å². The average molecular weight is 375 g/mol. The van der Waals surface area contributed by atoms with E-state index in [0.29, 0.717) is 18.7 Å². The number of amides is 1. The molecule has 5 heteroatoms. The Morgan fingerprint density at radius 3 is 2.50 bits per heavy atom. The molecule has 144 valence electrons. The fraction of sp³-hybridized carbons (Fsp3) is 0.261. The second-order valence-electron chi connectivity index (χ2n) is 6.77. The van der Waals surface area contributed by atoms with Crippen LogP contribution < -0.4 is 4.74 Å². The minimum absolute atomic E-state index is 0.0326. The van der Waals surface area contributed by atoms with Gasteiger partial charge in [-0.05, 0) is 61.7 Å². The molecule has 0 spiro atoms. The second-order valence-corrected chi connectivity index (χ2v) is 6.77. The van der Waals surface area contributed by atoms with Crippen LogP contribution in [0.15, 0.2) is 60.9 Å². The van der Waals surface area contributed by atoms with Crippen LogP contribution in [-0.4, -0.2) is 34.4 Å². The highest BCUT2D eigenvalue weighted by molar-refractivity contribution is 5.94. The van der Waals surface area contributed by atoms with Crippen LogP contribution in [0.5, 0.6) is 5.75 Å². The van der Waals surface area contributed by atoms with Crippen LogP contribution in [0.25, 0.3) is 0 Å². The van der Waals surface area contributed by atoms with E-state index in [0.717, 1.165) is 34.7 Å². The standard InChI is InChI=1S/C23H25N3O2/c1-17-14-20(15-25-18(17)2)23(27)26(16-21-6-4-5-12-24-21)13-11-19-7-9-22(28-3)10-8-19/h4-10,12,14-15H,11,13,16H2,1-3H3. The third-order valence-electron chi connectivity index (χ3n) is 4.78. The Bertz CT molecular complexity index is 924. The first kappa shape index (κ1) is 19.5. The normalized spacial score (nSPS) is 10.5. The highest BCUT2D eigenvalue weighted by atomic mass is 16.5. The summed E-state index contributed by atoms with van der Waals surface area (Å²) in [4.78, 5) is 23.7. The maximum absolute atomic E-state index is 13.2. The lowest BCUT2D eigenvalue weighted by Crippen LogP contribution is -2.33. The van der Waals surface area contributed by atoms with E-state index in [1.165, 1.54) is 0 Å². The zero-order valence-corrected chi connectivity index (χ0v) is 16.6. The van der Waals surface area contributed by atoms with E-state index >= 15 is 0 Å². The highest BCUT2D eigenvalue weighted by Gasteiger charge is 2.18. The maximum Gasteiger partial charge on any atom is 0.255 e. The number of aromatic nitrogens is 2. The lowest BCUT2D eigenvalue weighted by Gasteiger charge is -2.23. The first-order chi connectivity index (χ1) is 13.6. The Morgan fingerprint density at radius 2 is 1.86 bits per heavy atom. The quantitative estimate of drug-likeness (QED) is 0.627. The van der Waals surface area contributed by atoms with Gasteiger partial charge in [-0.2, -0.15) is 0 Å². The number of benzene rings is 1. The topological polar surface area (TPSA) is 55.3 Å². The molecule has 1 aromatic carbocycles. The van der Waals surface area contributed by atoms with Gasteiger partial charge in [0.25, 0.3) is 5.91 Å². The number of rotatable bonds is 7. The summed E-state index contributed by atoms with van der Waals surface area (Å²) in [6.45, 7) is 4.97. The van der Waals surface area contributed by atoms with Gasteiger partial charge < -0.3 is 9.64 Å². The van der Waals surface area contributed by atoms with Gasteiger partial charge in [-0.25, -0.2) is 0 Å². The van der Waals surface area contributed by atoms with Gasteiger partial charge in [-0.15, -0.1) is 0 Å². The number of nitrogens with zero attached hydrogens (tertiary/aromatic N) is 3. The number of hydrogen-bond acceptors (Lipinski definition) is 4. The van der Waals surface area contributed by atoms with Crippen molar-refractivity contribution in [3.63, 3.8) is 0 Å². The molecule has 3 rings (SSSR count). The van der Waals surface area contributed by atoms with Gasteiger partial charge in [-0.1, -0.05) is 18.2 Å². The summed E-state index contributed by atoms with van der Waals surface area (Å²) < 4.78 is 5.21. The van der Waals surface area contributed by atoms with Crippen molar-refractivity contribution in [1.82, 2.24) is 14.9 Å². The third-order valence-corrected chi connectivity index (χ3v) is 4.78. The van der Waals surface area contributed by atoms with Gasteiger partial charge in [-0.3, -0.25) is 14.8 Å². The molecule has 0 bridgehead atoms. The molecule has 2 aromatic heterocycles. The molecule has 5 nitrogen and oxygen atoms in total. The van der Waals surface area contributed by atoms with E-state index in [1.54, 1.807) is 19.5 Å². The number of ether oxygens (including phenoxy) is 1. The van der Waals surface area contributed by atoms with E-state index in [-0.39, 0.29) is 5.91 Å². The SMILES string of the molecule is COc1ccc(CCN(Cc2ccccn2)C(=O)c2cnc(C)c(C)c2)cc1. The van der Waals surface area contributed by atoms with E-state index < -0.39 is 0 Å². The lowest BCUT2D eigenvalue weighted by molar-refractivity contribution is 0.0742. The number of methoxy groups -OCH3 is 1. The summed E-state index contributed by atoms with van der Waals surface area (Å²) in [5.74, 6) is 0.793. The molecular formula is C23H25N3O2. The molecular weight excluding hydrogens is 350 g/mol. The summed E-state index contributed by atoms with van der Waals surface area (Å²) in [5, 5.41) is 0. The molecule has 0 fully saturated rings. The summed E-state index contributed by atoms with van der Waals surface area (Å²) >= 11 is 0. The molecule has 3 aromatic rings. The van der Waals surface area contributed by atoms with Gasteiger partial charge in [0.15, 0.2) is 0 Å². The van der Waals surface area contributed by atoms with Crippen LogP contribution in [-0.2, 0) is 13.0 Å². The molecule has 0 aliphatic heterocycles. The van der Waals surface area contributed by atoms with Crippen molar-refractivity contribution >= 4 is 5.91 Å². The molecule has 0 saturated carbocycles. The summed E-state index contributed by atoms with van der Waals surface area (Å²) in [6.07, 6.45) is 4.16. The largest absolute Gasteiger partial charge is 0.497 e. The Kier molecular flexibility index (Phi) is 6.37. The zero-order valence-electron chi connectivity index (χ0n) is 16.6. The van der Waals surface area contributed by atoms with Crippen molar-refractivity contribution in [2.45, 2.75) is 26.8 Å². The van der Waals surface area contributed by atoms with Crippen molar-refractivity contribution in [3.8, 4) is 5.75 Å². The molecule has 0 radical (unpaired) electrons. The lowest BCUT2D eigenvalue weighted by atomic mass is 10.1. The van der Waals surface area contributed by atoms with Crippen molar-refractivity contribution < 1.29 is 9.53 Å². The van der Waals surface area contributed by atoms with Gasteiger partial charge in [0.05, 0.1) is 24.9 Å². The minimum atomic E-state index is -0.0326. The van der Waals surface area contributed by atoms with E-state index in [2.05, 4.69) is 9.97 Å². The summed E-state index contributed by atoms with van der Waals surface area (Å²) in [6, 6.07) is 15.6. The predicted molar refractivity (Wildman–Crippen MR) is 109 cm³/mol. The van der Waals surface area contributed by atoms with Crippen LogP contribution in [0, 0.1) is 13.8 Å². The predicted octanol–water partition coefficient (Wildman–Crippen LogP) is 3.99. The fourth-order valence-electron chi connectivity index (χ4n) is 2.94. The minimum Gasteiger partial charge on any atom is -0.497 e. The van der Waals surface area contributed by atoms with Crippen LogP contribution >= 0.6 is 0 Å². The summed E-state index contributed by atoms with van der Waals surface area (Å²) in [5.41, 5.74) is 4.57. The van der Waals surface area contributed by atoms with Crippen molar-refractivity contribution in [3.05, 3.63) is 89.0 Å². The Labute approximate surface area is 166 Å². The van der Waals surface area contributed by atoms with Crippen LogP contribution in [0.4, 0.5) is 0 Å². The molecule has 0 unspecified atom stereocenters. The maximum atomic E-state index is 13.2. The number of aryl methyl sites for hydroxylation is 2. The number of carbonyl (C=O) groups excluding carboxylic acids is 1. The molecule has 0 aliphatic rings. The number of carbonyl (C=O) groups is 1. The molecule has 1 amide bonds. The Hall–Kier alpha value is -3.21. The second kappa shape index (κ2) is 9.13.